The molecule has 0 bridgehead atoms. The molecule has 0 amide bonds. The third-order valence-corrected chi connectivity index (χ3v) is 2.38. The van der Waals surface area contributed by atoms with Crippen LogP contribution in [0.25, 0.3) is 0 Å². The second kappa shape index (κ2) is 6.69. The van der Waals surface area contributed by atoms with Gasteiger partial charge in [0.1, 0.15) is 0 Å². The lowest BCUT2D eigenvalue weighted by Gasteiger charge is -1.96. The van der Waals surface area contributed by atoms with E-state index in [0.29, 0.717) is 5.56 Å². The number of hydrogen-bond donors (Lipinski definition) is 0. The standard InChI is InChI=1S/C12H10N3O3.BrH/c16-12(9-14-8-2-1-7-13-14)10-3-5-11(6-4-10)15(17)18;/h1-8H,9H2;1H/q+1;/p-1. The van der Waals surface area contributed by atoms with Crippen LogP contribution in [-0.2, 0) is 6.54 Å². The van der Waals surface area contributed by atoms with Gasteiger partial charge in [0.2, 0.25) is 12.3 Å². The van der Waals surface area contributed by atoms with Crippen LogP contribution in [0.3, 0.4) is 0 Å². The minimum absolute atomic E-state index is 0. The summed E-state index contributed by atoms with van der Waals surface area (Å²) in [6, 6.07) is 9.06. The molecule has 2 aromatic rings. The molecule has 19 heavy (non-hydrogen) atoms. The molecule has 0 N–H and O–H groups in total. The molecule has 0 atom stereocenters. The molecule has 0 aliphatic carbocycles. The Morgan fingerprint density at radius 1 is 1.26 bits per heavy atom. The first-order chi connectivity index (χ1) is 8.66. The van der Waals surface area contributed by atoms with Crippen LogP contribution in [-0.4, -0.2) is 15.8 Å². The zero-order valence-electron chi connectivity index (χ0n) is 9.77. The van der Waals surface area contributed by atoms with Gasteiger partial charge in [-0.2, -0.15) is 0 Å². The highest BCUT2D eigenvalue weighted by Gasteiger charge is 2.14. The Labute approximate surface area is 119 Å². The summed E-state index contributed by atoms with van der Waals surface area (Å²) in [5.74, 6) is -0.145. The molecular formula is C12H10BrN3O3. The number of non-ortho nitro benzene ring substituents is 1. The van der Waals surface area contributed by atoms with Gasteiger partial charge < -0.3 is 17.0 Å². The minimum atomic E-state index is -0.498. The van der Waals surface area contributed by atoms with Crippen molar-refractivity contribution >= 4 is 11.5 Å². The molecule has 0 fully saturated rings. The highest BCUT2D eigenvalue weighted by atomic mass is 79.9. The molecule has 1 aromatic heterocycles. The number of aromatic nitrogens is 2. The summed E-state index contributed by atoms with van der Waals surface area (Å²) in [6.45, 7) is 0.110. The molecule has 0 spiro atoms. The number of nitro benzene ring substituents is 1. The first-order valence-electron chi connectivity index (χ1n) is 5.25. The van der Waals surface area contributed by atoms with E-state index in [1.54, 1.807) is 24.5 Å². The summed E-state index contributed by atoms with van der Waals surface area (Å²) in [4.78, 5) is 21.8. The first-order valence-corrected chi connectivity index (χ1v) is 5.25. The maximum atomic E-state index is 11.9. The van der Waals surface area contributed by atoms with Crippen LogP contribution in [0.4, 0.5) is 5.69 Å². The fourth-order valence-corrected chi connectivity index (χ4v) is 1.46. The molecule has 1 heterocycles. The van der Waals surface area contributed by atoms with Crippen molar-refractivity contribution in [1.82, 2.24) is 5.10 Å². The van der Waals surface area contributed by atoms with Gasteiger partial charge in [-0.3, -0.25) is 14.9 Å². The normalized spacial score (nSPS) is 9.47. The molecule has 0 aliphatic rings. The highest BCUT2D eigenvalue weighted by Crippen LogP contribution is 2.12. The maximum Gasteiger partial charge on any atom is 0.269 e. The van der Waals surface area contributed by atoms with Crippen molar-refractivity contribution in [2.75, 3.05) is 0 Å². The van der Waals surface area contributed by atoms with Gasteiger partial charge in [-0.05, 0) is 23.3 Å². The topological polar surface area (TPSA) is 77.0 Å². The third-order valence-electron chi connectivity index (χ3n) is 2.38. The van der Waals surface area contributed by atoms with Crippen LogP contribution in [0.2, 0.25) is 0 Å². The van der Waals surface area contributed by atoms with Gasteiger partial charge in [0.15, 0.2) is 6.20 Å². The number of benzene rings is 1. The van der Waals surface area contributed by atoms with E-state index in [-0.39, 0.29) is 35.0 Å². The third kappa shape index (κ3) is 3.92. The zero-order valence-corrected chi connectivity index (χ0v) is 11.4. The van der Waals surface area contributed by atoms with Crippen LogP contribution < -0.4 is 21.7 Å². The summed E-state index contributed by atoms with van der Waals surface area (Å²) in [5, 5.41) is 14.5. The van der Waals surface area contributed by atoms with E-state index < -0.39 is 4.92 Å². The average molecular weight is 324 g/mol. The Balaban J connectivity index is 0.00000180. The second-order valence-corrected chi connectivity index (χ2v) is 3.62. The van der Waals surface area contributed by atoms with E-state index in [1.807, 2.05) is 0 Å². The van der Waals surface area contributed by atoms with E-state index in [9.17, 15) is 14.9 Å². The van der Waals surface area contributed by atoms with Crippen molar-refractivity contribution in [3.8, 4) is 0 Å². The molecule has 0 saturated carbocycles. The number of nitro groups is 1. The molecule has 0 saturated heterocycles. The number of ketones is 1. The molecule has 7 heteroatoms. The first kappa shape index (κ1) is 14.9. The summed E-state index contributed by atoms with van der Waals surface area (Å²) in [7, 11) is 0. The quantitative estimate of drug-likeness (QED) is 0.287. The number of rotatable bonds is 4. The Morgan fingerprint density at radius 2 is 1.95 bits per heavy atom. The summed E-state index contributed by atoms with van der Waals surface area (Å²) >= 11 is 0. The monoisotopic (exact) mass is 323 g/mol. The van der Waals surface area contributed by atoms with Gasteiger partial charge >= 0.3 is 0 Å². The number of nitrogens with zero attached hydrogens (tertiary/aromatic N) is 3. The predicted octanol–water partition coefficient (Wildman–Crippen LogP) is -1.84. The lowest BCUT2D eigenvalue weighted by Crippen LogP contribution is -3.00. The molecule has 1 aromatic carbocycles. The van der Waals surface area contributed by atoms with Gasteiger partial charge in [-0.1, -0.05) is 4.68 Å². The van der Waals surface area contributed by atoms with Crippen LogP contribution >= 0.6 is 0 Å². The smallest absolute Gasteiger partial charge is 0.269 e. The van der Waals surface area contributed by atoms with Crippen molar-refractivity contribution in [2.24, 2.45) is 0 Å². The Kier molecular flexibility index (Phi) is 5.25. The lowest BCUT2D eigenvalue weighted by atomic mass is 10.1. The lowest BCUT2D eigenvalue weighted by molar-refractivity contribution is -0.741. The fourth-order valence-electron chi connectivity index (χ4n) is 1.46. The number of carbonyl (C=O) groups excluding carboxylic acids is 1. The van der Waals surface area contributed by atoms with E-state index in [1.165, 1.54) is 28.9 Å². The number of hydrogen-bond acceptors (Lipinski definition) is 4. The Hall–Kier alpha value is -2.15. The van der Waals surface area contributed by atoms with Crippen molar-refractivity contribution in [2.45, 2.75) is 6.54 Å². The molecular weight excluding hydrogens is 314 g/mol. The molecule has 6 nitrogen and oxygen atoms in total. The summed E-state index contributed by atoms with van der Waals surface area (Å²) < 4.78 is 1.50. The molecule has 2 rings (SSSR count). The number of halogens is 1. The van der Waals surface area contributed by atoms with Gasteiger partial charge in [0.05, 0.1) is 11.1 Å². The van der Waals surface area contributed by atoms with Crippen molar-refractivity contribution in [3.05, 3.63) is 64.5 Å². The van der Waals surface area contributed by atoms with Crippen LogP contribution in [0.1, 0.15) is 10.4 Å². The molecule has 0 aliphatic heterocycles. The van der Waals surface area contributed by atoms with Crippen molar-refractivity contribution < 1.29 is 31.4 Å². The van der Waals surface area contributed by atoms with Gasteiger partial charge in [0, 0.05) is 23.8 Å². The van der Waals surface area contributed by atoms with Crippen LogP contribution in [0.5, 0.6) is 0 Å². The zero-order chi connectivity index (χ0) is 13.0. The Bertz CT molecular complexity index is 573. The molecule has 0 radical (unpaired) electrons. The van der Waals surface area contributed by atoms with Gasteiger partial charge in [0.25, 0.3) is 5.69 Å². The minimum Gasteiger partial charge on any atom is -1.00 e. The fraction of sp³-hybridized carbons (Fsp3) is 0.0833. The van der Waals surface area contributed by atoms with Gasteiger partial charge in [-0.25, -0.2) is 0 Å². The van der Waals surface area contributed by atoms with Crippen molar-refractivity contribution in [1.29, 1.82) is 0 Å². The highest BCUT2D eigenvalue weighted by molar-refractivity contribution is 5.95. The molecule has 0 unspecified atom stereocenters. The second-order valence-electron chi connectivity index (χ2n) is 3.62. The van der Waals surface area contributed by atoms with Crippen molar-refractivity contribution in [3.63, 3.8) is 0 Å². The van der Waals surface area contributed by atoms with E-state index in [4.69, 9.17) is 0 Å². The SMILES string of the molecule is O=C(C[n+]1ccccn1)c1ccc([N+](=O)[O-])cc1.[Br-]. The van der Waals surface area contributed by atoms with Crippen LogP contribution in [0.15, 0.2) is 48.8 Å². The predicted molar refractivity (Wildman–Crippen MR) is 61.9 cm³/mol. The summed E-state index contributed by atoms with van der Waals surface area (Å²) in [5.41, 5.74) is 0.399. The average Bonchev–Trinajstić information content (AvgIpc) is 2.40. The van der Waals surface area contributed by atoms with E-state index in [0.717, 1.165) is 0 Å². The summed E-state index contributed by atoms with van der Waals surface area (Å²) in [6.07, 6.45) is 3.27. The number of carbonyl (C=O) groups is 1. The number of Topliss-reactive ketones (excluding diaryl/α,β-unsaturated/α-hetero) is 1. The van der Waals surface area contributed by atoms with Gasteiger partial charge in [-0.15, -0.1) is 0 Å². The molecule has 98 valence electrons. The van der Waals surface area contributed by atoms with E-state index >= 15 is 0 Å². The van der Waals surface area contributed by atoms with E-state index in [2.05, 4.69) is 5.10 Å². The Morgan fingerprint density at radius 3 is 2.47 bits per heavy atom. The largest absolute Gasteiger partial charge is 1.00 e. The van der Waals surface area contributed by atoms with Crippen LogP contribution in [0, 0.1) is 10.1 Å². The maximum absolute atomic E-state index is 11.9.